The Balaban J connectivity index is 2.43. The summed E-state index contributed by atoms with van der Waals surface area (Å²) < 4.78 is 3.07. The number of aryl methyl sites for hydroxylation is 3. The maximum absolute atomic E-state index is 4.62. The monoisotopic (exact) mass is 261 g/mol. The van der Waals surface area contributed by atoms with Gasteiger partial charge >= 0.3 is 0 Å². The van der Waals surface area contributed by atoms with Gasteiger partial charge in [0.1, 0.15) is 16.2 Å². The number of nitrogens with one attached hydrogen (secondary N) is 1. The molecule has 3 rings (SSSR count). The molecule has 3 aromatic heterocycles. The minimum atomic E-state index is 0.882. The van der Waals surface area contributed by atoms with Gasteiger partial charge < -0.3 is 5.32 Å². The Bertz CT molecular complexity index is 740. The molecule has 94 valence electrons. The first kappa shape index (κ1) is 11.4. The minimum absolute atomic E-state index is 0.882. The van der Waals surface area contributed by atoms with Gasteiger partial charge in [0.05, 0.1) is 10.4 Å². The van der Waals surface area contributed by atoms with E-state index >= 15 is 0 Å². The van der Waals surface area contributed by atoms with E-state index in [1.807, 2.05) is 18.7 Å². The van der Waals surface area contributed by atoms with Crippen LogP contribution in [-0.4, -0.2) is 26.5 Å². The number of aromatic nitrogens is 4. The second-order valence-electron chi connectivity index (χ2n) is 4.37. The first-order chi connectivity index (χ1) is 8.63. The van der Waals surface area contributed by atoms with Gasteiger partial charge in [-0.2, -0.15) is 10.2 Å². The Labute approximate surface area is 109 Å². The van der Waals surface area contributed by atoms with Gasteiger partial charge in [-0.15, -0.1) is 16.4 Å². The molecule has 0 saturated heterocycles. The van der Waals surface area contributed by atoms with E-state index in [-0.39, 0.29) is 0 Å². The van der Waals surface area contributed by atoms with Gasteiger partial charge in [-0.1, -0.05) is 0 Å². The van der Waals surface area contributed by atoms with E-state index in [1.54, 1.807) is 11.3 Å². The van der Waals surface area contributed by atoms with E-state index in [4.69, 9.17) is 0 Å². The third-order valence-corrected chi connectivity index (χ3v) is 4.28. The maximum Gasteiger partial charge on any atom is 0.149 e. The molecule has 0 saturated carbocycles. The molecule has 0 bridgehead atoms. The van der Waals surface area contributed by atoms with Crippen LogP contribution < -0.4 is 5.32 Å². The summed E-state index contributed by atoms with van der Waals surface area (Å²) in [5, 5.41) is 17.6. The second-order valence-corrected chi connectivity index (χ2v) is 5.37. The average Bonchev–Trinajstić information content (AvgIpc) is 2.82. The third-order valence-electron chi connectivity index (χ3n) is 3.21. The molecule has 0 aliphatic rings. The molecule has 0 unspecified atom stereocenters. The molecule has 18 heavy (non-hydrogen) atoms. The van der Waals surface area contributed by atoms with Crippen LogP contribution in [0.3, 0.4) is 0 Å². The predicted molar refractivity (Wildman–Crippen MR) is 75.3 cm³/mol. The Kier molecular flexibility index (Phi) is 2.48. The summed E-state index contributed by atoms with van der Waals surface area (Å²) >= 11 is 1.65. The van der Waals surface area contributed by atoms with Crippen molar-refractivity contribution in [3.8, 4) is 0 Å². The third kappa shape index (κ3) is 1.42. The van der Waals surface area contributed by atoms with Crippen LogP contribution in [0.4, 0.5) is 5.82 Å². The first-order valence-electron chi connectivity index (χ1n) is 5.96. The van der Waals surface area contributed by atoms with E-state index in [1.165, 1.54) is 5.56 Å². The van der Waals surface area contributed by atoms with Crippen molar-refractivity contribution in [1.29, 1.82) is 0 Å². The lowest BCUT2D eigenvalue weighted by atomic mass is 10.1. The van der Waals surface area contributed by atoms with Crippen molar-refractivity contribution in [3.63, 3.8) is 0 Å². The summed E-state index contributed by atoms with van der Waals surface area (Å²) in [6.07, 6.45) is 0. The molecular weight excluding hydrogens is 246 g/mol. The van der Waals surface area contributed by atoms with Gasteiger partial charge in [0.15, 0.2) is 0 Å². The lowest BCUT2D eigenvalue weighted by molar-refractivity contribution is 0.783. The van der Waals surface area contributed by atoms with Gasteiger partial charge in [0, 0.05) is 19.0 Å². The van der Waals surface area contributed by atoms with Crippen LogP contribution in [0.25, 0.3) is 20.4 Å². The highest BCUT2D eigenvalue weighted by Gasteiger charge is 2.18. The van der Waals surface area contributed by atoms with E-state index < -0.39 is 0 Å². The molecule has 1 N–H and O–H groups in total. The molecule has 0 spiro atoms. The minimum Gasteiger partial charge on any atom is -0.369 e. The first-order valence-corrected chi connectivity index (χ1v) is 6.78. The van der Waals surface area contributed by atoms with Crippen LogP contribution in [0.15, 0.2) is 0 Å². The van der Waals surface area contributed by atoms with Crippen molar-refractivity contribution in [2.75, 3.05) is 11.9 Å². The standard InChI is InChI=1S/C12H15N5S/c1-5-13-11-10-9(16-17(11)4)8-6(2)7(3)14-15-12(8)18-10/h13H,5H2,1-4H3. The van der Waals surface area contributed by atoms with E-state index in [0.717, 1.165) is 38.5 Å². The van der Waals surface area contributed by atoms with Gasteiger partial charge in [0.2, 0.25) is 0 Å². The second kappa shape index (κ2) is 3.91. The van der Waals surface area contributed by atoms with Crippen molar-refractivity contribution in [2.45, 2.75) is 20.8 Å². The Morgan fingerprint density at radius 2 is 2.06 bits per heavy atom. The number of rotatable bonds is 2. The molecule has 0 fully saturated rings. The van der Waals surface area contributed by atoms with Crippen LogP contribution in [0.2, 0.25) is 0 Å². The number of anilines is 1. The zero-order valence-corrected chi connectivity index (χ0v) is 11.7. The fraction of sp³-hybridized carbons (Fsp3) is 0.417. The predicted octanol–water partition coefficient (Wildman–Crippen LogP) is 2.63. The van der Waals surface area contributed by atoms with E-state index in [2.05, 4.69) is 34.5 Å². The molecule has 3 aromatic rings. The number of fused-ring (bicyclic) bond motifs is 3. The molecule has 0 aromatic carbocycles. The van der Waals surface area contributed by atoms with Crippen molar-refractivity contribution in [3.05, 3.63) is 11.3 Å². The fourth-order valence-electron chi connectivity index (χ4n) is 2.16. The highest BCUT2D eigenvalue weighted by atomic mass is 32.1. The van der Waals surface area contributed by atoms with E-state index in [0.29, 0.717) is 0 Å². The van der Waals surface area contributed by atoms with Crippen molar-refractivity contribution in [1.82, 2.24) is 20.0 Å². The largest absolute Gasteiger partial charge is 0.369 e. The Morgan fingerprint density at radius 1 is 1.28 bits per heavy atom. The molecule has 0 aliphatic carbocycles. The quantitative estimate of drug-likeness (QED) is 0.770. The molecule has 6 heteroatoms. The molecule has 0 amide bonds. The van der Waals surface area contributed by atoms with Gasteiger partial charge in [0.25, 0.3) is 0 Å². The summed E-state index contributed by atoms with van der Waals surface area (Å²) in [7, 11) is 1.97. The summed E-state index contributed by atoms with van der Waals surface area (Å²) in [5.41, 5.74) is 3.18. The summed E-state index contributed by atoms with van der Waals surface area (Å²) in [4.78, 5) is 0.968. The molecule has 5 nitrogen and oxygen atoms in total. The van der Waals surface area contributed by atoms with Gasteiger partial charge in [-0.25, -0.2) is 0 Å². The zero-order chi connectivity index (χ0) is 12.9. The highest BCUT2D eigenvalue weighted by Crippen LogP contribution is 2.38. The van der Waals surface area contributed by atoms with Crippen molar-refractivity contribution in [2.24, 2.45) is 7.05 Å². The van der Waals surface area contributed by atoms with E-state index in [9.17, 15) is 0 Å². The van der Waals surface area contributed by atoms with Crippen LogP contribution in [0.1, 0.15) is 18.2 Å². The summed E-state index contributed by atoms with van der Waals surface area (Å²) in [5.74, 6) is 1.06. The number of nitrogens with zero attached hydrogens (tertiary/aromatic N) is 4. The van der Waals surface area contributed by atoms with Crippen LogP contribution in [0.5, 0.6) is 0 Å². The van der Waals surface area contributed by atoms with Crippen molar-refractivity contribution >= 4 is 37.6 Å². The number of hydrogen-bond donors (Lipinski definition) is 1. The van der Waals surface area contributed by atoms with Gasteiger partial charge in [-0.05, 0) is 26.3 Å². The Morgan fingerprint density at radius 3 is 2.78 bits per heavy atom. The molecule has 0 atom stereocenters. The average molecular weight is 261 g/mol. The summed E-state index contributed by atoms with van der Waals surface area (Å²) in [6, 6.07) is 0. The van der Waals surface area contributed by atoms with Crippen LogP contribution in [-0.2, 0) is 7.05 Å². The topological polar surface area (TPSA) is 55.6 Å². The van der Waals surface area contributed by atoms with Crippen molar-refractivity contribution < 1.29 is 0 Å². The van der Waals surface area contributed by atoms with Gasteiger partial charge in [-0.3, -0.25) is 4.68 Å². The molecule has 0 aliphatic heterocycles. The zero-order valence-electron chi connectivity index (χ0n) is 10.9. The SMILES string of the molecule is CCNc1c2sc3nnc(C)c(C)c3c2nn1C. The summed E-state index contributed by atoms with van der Waals surface area (Å²) in [6.45, 7) is 7.04. The van der Waals surface area contributed by atoms with Crippen LogP contribution in [0, 0.1) is 13.8 Å². The molecular formula is C12H15N5S. The lowest BCUT2D eigenvalue weighted by Gasteiger charge is -2.02. The highest BCUT2D eigenvalue weighted by molar-refractivity contribution is 7.26. The fourth-order valence-corrected chi connectivity index (χ4v) is 3.33. The number of hydrogen-bond acceptors (Lipinski definition) is 5. The van der Waals surface area contributed by atoms with Crippen LogP contribution >= 0.6 is 11.3 Å². The molecule has 0 radical (unpaired) electrons. The smallest absolute Gasteiger partial charge is 0.149 e. The lowest BCUT2D eigenvalue weighted by Crippen LogP contribution is -2.03. The maximum atomic E-state index is 4.62. The molecule has 3 heterocycles. The normalized spacial score (nSPS) is 11.6. The Hall–Kier alpha value is -1.69. The number of thiophene rings is 1.